The maximum absolute atomic E-state index is 6.40. The Hall–Kier alpha value is -2.91. The number of aromatic nitrogens is 2. The Morgan fingerprint density at radius 1 is 0.933 bits per heavy atom. The molecule has 150 valence electrons. The Kier molecular flexibility index (Phi) is 4.33. The lowest BCUT2D eigenvalue weighted by atomic mass is 9.86. The van der Waals surface area contributed by atoms with Crippen LogP contribution in [-0.2, 0) is 5.41 Å². The highest BCUT2D eigenvalue weighted by atomic mass is 35.5. The lowest BCUT2D eigenvalue weighted by Crippen LogP contribution is -2.25. The number of fused-ring (bicyclic) bond motifs is 2. The van der Waals surface area contributed by atoms with E-state index in [0.29, 0.717) is 0 Å². The van der Waals surface area contributed by atoms with Gasteiger partial charge in [-0.1, -0.05) is 37.6 Å². The van der Waals surface area contributed by atoms with E-state index < -0.39 is 0 Å². The summed E-state index contributed by atoms with van der Waals surface area (Å²) in [5.41, 5.74) is 9.47. The third-order valence-electron chi connectivity index (χ3n) is 6.25. The van der Waals surface area contributed by atoms with Gasteiger partial charge >= 0.3 is 0 Å². The Morgan fingerprint density at radius 2 is 1.70 bits per heavy atom. The minimum Gasteiger partial charge on any atom is -0.340 e. The molecule has 0 saturated carbocycles. The topological polar surface area (TPSA) is 29.0 Å². The highest BCUT2D eigenvalue weighted by molar-refractivity contribution is 6.31. The molecule has 0 spiro atoms. The first-order valence-corrected chi connectivity index (χ1v) is 10.6. The number of hydrogen-bond donors (Lipinski definition) is 0. The molecule has 3 heterocycles. The van der Waals surface area contributed by atoms with E-state index in [4.69, 9.17) is 16.6 Å². The molecule has 1 aliphatic rings. The first-order valence-electron chi connectivity index (χ1n) is 10.2. The molecule has 0 unspecified atom stereocenters. The molecular formula is C26H24ClN3. The lowest BCUT2D eigenvalue weighted by Gasteiger charge is -2.26. The van der Waals surface area contributed by atoms with Crippen molar-refractivity contribution in [1.29, 1.82) is 0 Å². The summed E-state index contributed by atoms with van der Waals surface area (Å²) in [4.78, 5) is 11.4. The van der Waals surface area contributed by atoms with Crippen LogP contribution in [0.2, 0.25) is 5.02 Å². The normalized spacial score (nSPS) is 14.9. The van der Waals surface area contributed by atoms with Gasteiger partial charge in [0.15, 0.2) is 0 Å². The zero-order valence-corrected chi connectivity index (χ0v) is 18.5. The molecule has 2 aromatic carbocycles. The van der Waals surface area contributed by atoms with Crippen LogP contribution in [0.1, 0.15) is 30.7 Å². The van der Waals surface area contributed by atoms with Crippen molar-refractivity contribution < 1.29 is 0 Å². The third-order valence-corrected chi connectivity index (χ3v) is 6.49. The minimum absolute atomic E-state index is 0.0423. The Bertz CT molecular complexity index is 1280. The monoisotopic (exact) mass is 413 g/mol. The van der Waals surface area contributed by atoms with Gasteiger partial charge in [-0.2, -0.15) is 0 Å². The number of aryl methyl sites for hydroxylation is 1. The average molecular weight is 414 g/mol. The van der Waals surface area contributed by atoms with E-state index in [0.717, 1.165) is 28.2 Å². The van der Waals surface area contributed by atoms with Gasteiger partial charge in [0.05, 0.1) is 11.2 Å². The molecule has 4 aromatic rings. The van der Waals surface area contributed by atoms with E-state index in [-0.39, 0.29) is 5.41 Å². The molecule has 0 atom stereocenters. The minimum atomic E-state index is 0.0423. The Labute approximate surface area is 182 Å². The van der Waals surface area contributed by atoms with Gasteiger partial charge < -0.3 is 4.90 Å². The molecule has 0 saturated heterocycles. The van der Waals surface area contributed by atoms with E-state index in [1.807, 2.05) is 30.6 Å². The zero-order valence-electron chi connectivity index (χ0n) is 17.7. The van der Waals surface area contributed by atoms with Crippen LogP contribution >= 0.6 is 11.6 Å². The van der Waals surface area contributed by atoms with Gasteiger partial charge in [0.1, 0.15) is 0 Å². The summed E-state index contributed by atoms with van der Waals surface area (Å²) in [5.74, 6) is 0. The fourth-order valence-corrected chi connectivity index (χ4v) is 4.77. The molecule has 0 amide bonds. The number of pyridine rings is 2. The summed E-state index contributed by atoms with van der Waals surface area (Å²) >= 11 is 6.40. The molecule has 1 aliphatic heterocycles. The lowest BCUT2D eigenvalue weighted by molar-refractivity contribution is 0.569. The molecule has 3 nitrogen and oxygen atoms in total. The summed E-state index contributed by atoms with van der Waals surface area (Å²) in [5, 5.41) is 1.83. The largest absolute Gasteiger partial charge is 0.340 e. The fourth-order valence-electron chi connectivity index (χ4n) is 4.60. The van der Waals surface area contributed by atoms with Crippen molar-refractivity contribution >= 4 is 33.9 Å². The van der Waals surface area contributed by atoms with Crippen molar-refractivity contribution in [2.45, 2.75) is 33.1 Å². The number of rotatable bonds is 2. The second kappa shape index (κ2) is 6.82. The van der Waals surface area contributed by atoms with Crippen LogP contribution in [0.3, 0.4) is 0 Å². The van der Waals surface area contributed by atoms with Crippen LogP contribution in [0.15, 0.2) is 60.9 Å². The zero-order chi connectivity index (χ0) is 21.0. The summed E-state index contributed by atoms with van der Waals surface area (Å²) < 4.78 is 0. The van der Waals surface area contributed by atoms with Gasteiger partial charge in [-0.05, 0) is 72.5 Å². The number of anilines is 2. The summed E-state index contributed by atoms with van der Waals surface area (Å²) in [6.45, 7) is 9.79. The SMILES string of the molecule is Cc1nc2ccc(Cl)cc2c(N2CC(C)(C)c3ccc(-c4ccncc4)cc32)c1C. The number of halogens is 1. The third kappa shape index (κ3) is 2.96. The van der Waals surface area contributed by atoms with Crippen LogP contribution in [0.4, 0.5) is 11.4 Å². The van der Waals surface area contributed by atoms with Crippen LogP contribution < -0.4 is 4.90 Å². The average Bonchev–Trinajstić information content (AvgIpc) is 3.00. The van der Waals surface area contributed by atoms with E-state index >= 15 is 0 Å². The van der Waals surface area contributed by atoms with Crippen molar-refractivity contribution in [2.24, 2.45) is 0 Å². The Balaban J connectivity index is 1.77. The molecule has 0 bridgehead atoms. The molecule has 0 N–H and O–H groups in total. The molecular weight excluding hydrogens is 390 g/mol. The van der Waals surface area contributed by atoms with Gasteiger partial charge in [-0.25, -0.2) is 0 Å². The van der Waals surface area contributed by atoms with Gasteiger partial charge in [0.25, 0.3) is 0 Å². The molecule has 2 aromatic heterocycles. The molecule has 0 aliphatic carbocycles. The first kappa shape index (κ1) is 19.1. The van der Waals surface area contributed by atoms with E-state index in [1.54, 1.807) is 0 Å². The van der Waals surface area contributed by atoms with Crippen molar-refractivity contribution in [3.05, 3.63) is 82.8 Å². The van der Waals surface area contributed by atoms with Gasteiger partial charge in [0, 0.05) is 46.1 Å². The van der Waals surface area contributed by atoms with Crippen molar-refractivity contribution in [2.75, 3.05) is 11.4 Å². The van der Waals surface area contributed by atoms with Gasteiger partial charge in [-0.15, -0.1) is 0 Å². The van der Waals surface area contributed by atoms with Crippen LogP contribution in [0.25, 0.3) is 22.0 Å². The molecule has 0 fully saturated rings. The van der Waals surface area contributed by atoms with Gasteiger partial charge in [-0.3, -0.25) is 9.97 Å². The van der Waals surface area contributed by atoms with E-state index in [9.17, 15) is 0 Å². The van der Waals surface area contributed by atoms with Crippen LogP contribution in [0, 0.1) is 13.8 Å². The van der Waals surface area contributed by atoms with Crippen LogP contribution in [-0.4, -0.2) is 16.5 Å². The van der Waals surface area contributed by atoms with Crippen LogP contribution in [0.5, 0.6) is 0 Å². The highest BCUT2D eigenvalue weighted by Crippen LogP contribution is 2.48. The predicted octanol–water partition coefficient (Wildman–Crippen LogP) is 7.00. The van der Waals surface area contributed by atoms with Crippen molar-refractivity contribution in [3.63, 3.8) is 0 Å². The standard InChI is InChI=1S/C26H24ClN3/c1-16-17(2)29-23-8-6-20(27)14-21(23)25(16)30-15-26(3,4)22-7-5-19(13-24(22)30)18-9-11-28-12-10-18/h5-14H,15H2,1-4H3. The van der Waals surface area contributed by atoms with E-state index in [2.05, 4.69) is 67.9 Å². The maximum Gasteiger partial charge on any atom is 0.0727 e. The Morgan fingerprint density at radius 3 is 2.47 bits per heavy atom. The molecule has 0 radical (unpaired) electrons. The fraction of sp³-hybridized carbons (Fsp3) is 0.231. The smallest absolute Gasteiger partial charge is 0.0727 e. The maximum atomic E-state index is 6.40. The van der Waals surface area contributed by atoms with Crippen molar-refractivity contribution in [3.8, 4) is 11.1 Å². The number of benzene rings is 2. The second-order valence-electron chi connectivity index (χ2n) is 8.77. The summed E-state index contributed by atoms with van der Waals surface area (Å²) in [6, 6.07) is 16.9. The molecule has 30 heavy (non-hydrogen) atoms. The quantitative estimate of drug-likeness (QED) is 0.354. The predicted molar refractivity (Wildman–Crippen MR) is 126 cm³/mol. The highest BCUT2D eigenvalue weighted by Gasteiger charge is 2.37. The number of nitrogens with zero attached hydrogens (tertiary/aromatic N) is 3. The first-order chi connectivity index (χ1) is 14.3. The summed E-state index contributed by atoms with van der Waals surface area (Å²) in [6.07, 6.45) is 3.69. The van der Waals surface area contributed by atoms with Crippen molar-refractivity contribution in [1.82, 2.24) is 9.97 Å². The van der Waals surface area contributed by atoms with Gasteiger partial charge in [0.2, 0.25) is 0 Å². The summed E-state index contributed by atoms with van der Waals surface area (Å²) in [7, 11) is 0. The second-order valence-corrected chi connectivity index (χ2v) is 9.21. The molecule has 4 heteroatoms. The van der Waals surface area contributed by atoms with E-state index in [1.165, 1.54) is 33.6 Å². The molecule has 5 rings (SSSR count). The number of hydrogen-bond acceptors (Lipinski definition) is 3.